The minimum atomic E-state index is -0.440. The lowest BCUT2D eigenvalue weighted by Crippen LogP contribution is -2.39. The topological polar surface area (TPSA) is 67.6 Å². The molecule has 0 saturated carbocycles. The van der Waals surface area contributed by atoms with Gasteiger partial charge in [0.15, 0.2) is 0 Å². The average molecular weight is 319 g/mol. The van der Waals surface area contributed by atoms with Gasteiger partial charge in [0.2, 0.25) is 5.91 Å². The molecule has 1 aliphatic rings. The Balaban J connectivity index is 1.54. The highest BCUT2D eigenvalue weighted by molar-refractivity contribution is 5.80. The number of ether oxygens (including phenoxy) is 1. The van der Waals surface area contributed by atoms with Crippen LogP contribution >= 0.6 is 0 Å². The zero-order valence-electron chi connectivity index (χ0n) is 14.0. The van der Waals surface area contributed by atoms with Crippen LogP contribution in [0.4, 0.5) is 0 Å². The molecule has 1 amide bonds. The van der Waals surface area contributed by atoms with E-state index in [4.69, 9.17) is 10.5 Å². The Morgan fingerprint density at radius 3 is 2.70 bits per heavy atom. The van der Waals surface area contributed by atoms with E-state index in [-0.39, 0.29) is 5.91 Å². The van der Waals surface area contributed by atoms with Gasteiger partial charge >= 0.3 is 0 Å². The van der Waals surface area contributed by atoms with Gasteiger partial charge in [0.05, 0.1) is 12.1 Å². The summed E-state index contributed by atoms with van der Waals surface area (Å²) >= 11 is 0. The average Bonchev–Trinajstić information content (AvgIpc) is 2.56. The summed E-state index contributed by atoms with van der Waals surface area (Å²) in [4.78, 5) is 13.8. The minimum absolute atomic E-state index is 0.0979. The molecule has 1 aromatic carbocycles. The molecule has 0 bridgehead atoms. The highest BCUT2D eigenvalue weighted by Crippen LogP contribution is 2.16. The Hall–Kier alpha value is -1.43. The highest BCUT2D eigenvalue weighted by atomic mass is 16.5. The third kappa shape index (κ3) is 6.69. The van der Waals surface area contributed by atoms with Crippen LogP contribution in [-0.2, 0) is 16.1 Å². The lowest BCUT2D eigenvalue weighted by Gasteiger charge is -2.32. The van der Waals surface area contributed by atoms with Crippen molar-refractivity contribution in [3.63, 3.8) is 0 Å². The molecule has 3 N–H and O–H groups in total. The van der Waals surface area contributed by atoms with E-state index in [2.05, 4.69) is 40.5 Å². The van der Waals surface area contributed by atoms with Crippen molar-refractivity contribution in [1.82, 2.24) is 10.2 Å². The number of rotatable bonds is 8. The van der Waals surface area contributed by atoms with Crippen LogP contribution in [0, 0.1) is 0 Å². The van der Waals surface area contributed by atoms with Crippen LogP contribution in [0.5, 0.6) is 0 Å². The molecule has 2 rings (SSSR count). The first-order valence-corrected chi connectivity index (χ1v) is 8.56. The van der Waals surface area contributed by atoms with E-state index in [0.717, 1.165) is 38.9 Å². The quantitative estimate of drug-likeness (QED) is 0.713. The fourth-order valence-electron chi connectivity index (χ4n) is 2.77. The summed E-state index contributed by atoms with van der Waals surface area (Å²) in [5.41, 5.74) is 6.86. The molecular formula is C18H29N3O2. The summed E-state index contributed by atoms with van der Waals surface area (Å²) in [6, 6.07) is 10.2. The van der Waals surface area contributed by atoms with Gasteiger partial charge in [-0.1, -0.05) is 30.3 Å². The van der Waals surface area contributed by atoms with Crippen molar-refractivity contribution in [2.24, 2.45) is 5.73 Å². The SMILES string of the molecule is CC(N)C(=O)NCCCOC1CCN(Cc2ccccc2)CC1. The number of benzene rings is 1. The second-order valence-electron chi connectivity index (χ2n) is 6.27. The summed E-state index contributed by atoms with van der Waals surface area (Å²) in [6.07, 6.45) is 3.35. The zero-order chi connectivity index (χ0) is 16.5. The minimum Gasteiger partial charge on any atom is -0.378 e. The van der Waals surface area contributed by atoms with Crippen LogP contribution < -0.4 is 11.1 Å². The first-order valence-electron chi connectivity index (χ1n) is 8.56. The maximum absolute atomic E-state index is 11.3. The van der Waals surface area contributed by atoms with Crippen molar-refractivity contribution < 1.29 is 9.53 Å². The van der Waals surface area contributed by atoms with Gasteiger partial charge in [-0.05, 0) is 31.7 Å². The smallest absolute Gasteiger partial charge is 0.236 e. The lowest BCUT2D eigenvalue weighted by molar-refractivity contribution is -0.122. The predicted octanol–water partition coefficient (Wildman–Crippen LogP) is 1.52. The molecule has 5 nitrogen and oxygen atoms in total. The number of hydrogen-bond acceptors (Lipinski definition) is 4. The second kappa shape index (κ2) is 9.65. The normalized spacial score (nSPS) is 17.8. The fraction of sp³-hybridized carbons (Fsp3) is 0.611. The summed E-state index contributed by atoms with van der Waals surface area (Å²) in [5.74, 6) is -0.0979. The molecule has 128 valence electrons. The van der Waals surface area contributed by atoms with Gasteiger partial charge in [-0.2, -0.15) is 0 Å². The van der Waals surface area contributed by atoms with Crippen LogP contribution in [-0.4, -0.2) is 49.2 Å². The molecule has 5 heteroatoms. The molecule has 1 atom stereocenters. The lowest BCUT2D eigenvalue weighted by atomic mass is 10.1. The fourth-order valence-corrected chi connectivity index (χ4v) is 2.77. The van der Waals surface area contributed by atoms with E-state index in [1.165, 1.54) is 5.56 Å². The van der Waals surface area contributed by atoms with Crippen molar-refractivity contribution in [2.45, 2.75) is 44.9 Å². The Labute approximate surface area is 139 Å². The number of nitrogens with zero attached hydrogens (tertiary/aromatic N) is 1. The van der Waals surface area contributed by atoms with Crippen LogP contribution in [0.3, 0.4) is 0 Å². The summed E-state index contributed by atoms with van der Waals surface area (Å²) in [7, 11) is 0. The van der Waals surface area contributed by atoms with Gasteiger partial charge in [0.1, 0.15) is 0 Å². The largest absolute Gasteiger partial charge is 0.378 e. The number of nitrogens with one attached hydrogen (secondary N) is 1. The van der Waals surface area contributed by atoms with Crippen LogP contribution in [0.1, 0.15) is 31.7 Å². The van der Waals surface area contributed by atoms with Crippen LogP contribution in [0.15, 0.2) is 30.3 Å². The number of carbonyl (C=O) groups is 1. The van der Waals surface area contributed by atoms with Gasteiger partial charge in [-0.3, -0.25) is 9.69 Å². The van der Waals surface area contributed by atoms with Gasteiger partial charge in [0.25, 0.3) is 0 Å². The molecule has 0 spiro atoms. The maximum atomic E-state index is 11.3. The molecule has 1 saturated heterocycles. The van der Waals surface area contributed by atoms with Crippen molar-refractivity contribution in [1.29, 1.82) is 0 Å². The number of likely N-dealkylation sites (tertiary alicyclic amines) is 1. The van der Waals surface area contributed by atoms with E-state index >= 15 is 0 Å². The molecule has 1 aliphatic heterocycles. The number of piperidine rings is 1. The monoisotopic (exact) mass is 319 g/mol. The van der Waals surface area contributed by atoms with Crippen molar-refractivity contribution >= 4 is 5.91 Å². The van der Waals surface area contributed by atoms with Crippen LogP contribution in [0.2, 0.25) is 0 Å². The molecule has 1 unspecified atom stereocenters. The van der Waals surface area contributed by atoms with Gasteiger partial charge in [0, 0.05) is 32.8 Å². The van der Waals surface area contributed by atoms with E-state index in [0.29, 0.717) is 19.3 Å². The molecule has 1 heterocycles. The standard InChI is InChI=1S/C18H29N3O2/c1-15(19)18(22)20-10-5-13-23-17-8-11-21(12-9-17)14-16-6-3-2-4-7-16/h2-4,6-7,15,17H,5,8-14,19H2,1H3,(H,20,22). The Morgan fingerprint density at radius 2 is 2.04 bits per heavy atom. The first-order chi connectivity index (χ1) is 11.1. The third-order valence-electron chi connectivity index (χ3n) is 4.17. The number of amides is 1. The van der Waals surface area contributed by atoms with Crippen LogP contribution in [0.25, 0.3) is 0 Å². The first kappa shape index (κ1) is 17.9. The second-order valence-corrected chi connectivity index (χ2v) is 6.27. The molecule has 0 radical (unpaired) electrons. The molecular weight excluding hydrogens is 290 g/mol. The van der Waals surface area contributed by atoms with E-state index in [1.807, 2.05) is 0 Å². The Kier molecular flexibility index (Phi) is 7.52. The Bertz CT molecular complexity index is 457. The number of hydrogen-bond donors (Lipinski definition) is 2. The van der Waals surface area contributed by atoms with Gasteiger partial charge in [-0.15, -0.1) is 0 Å². The predicted molar refractivity (Wildman–Crippen MR) is 92.0 cm³/mol. The van der Waals surface area contributed by atoms with E-state index in [9.17, 15) is 4.79 Å². The molecule has 23 heavy (non-hydrogen) atoms. The third-order valence-corrected chi connectivity index (χ3v) is 4.17. The summed E-state index contributed by atoms with van der Waals surface area (Å²) in [5, 5.41) is 2.80. The van der Waals surface area contributed by atoms with Crippen molar-refractivity contribution in [3.8, 4) is 0 Å². The molecule has 0 aliphatic carbocycles. The number of nitrogens with two attached hydrogens (primary N) is 1. The number of carbonyl (C=O) groups excluding carboxylic acids is 1. The van der Waals surface area contributed by atoms with E-state index in [1.54, 1.807) is 6.92 Å². The van der Waals surface area contributed by atoms with Crippen molar-refractivity contribution in [2.75, 3.05) is 26.2 Å². The van der Waals surface area contributed by atoms with Crippen molar-refractivity contribution in [3.05, 3.63) is 35.9 Å². The summed E-state index contributed by atoms with van der Waals surface area (Å²) in [6.45, 7) is 6.21. The summed E-state index contributed by atoms with van der Waals surface area (Å²) < 4.78 is 5.91. The maximum Gasteiger partial charge on any atom is 0.236 e. The molecule has 1 fully saturated rings. The van der Waals surface area contributed by atoms with Gasteiger partial charge < -0.3 is 15.8 Å². The van der Waals surface area contributed by atoms with Gasteiger partial charge in [-0.25, -0.2) is 0 Å². The Morgan fingerprint density at radius 1 is 1.35 bits per heavy atom. The highest BCUT2D eigenvalue weighted by Gasteiger charge is 2.19. The molecule has 0 aromatic heterocycles. The zero-order valence-corrected chi connectivity index (χ0v) is 14.0. The molecule has 1 aromatic rings. The van der Waals surface area contributed by atoms with E-state index < -0.39 is 6.04 Å².